The smallest absolute Gasteiger partial charge is 0.261 e. The third kappa shape index (κ3) is 5.03. The van der Waals surface area contributed by atoms with Crippen LogP contribution in [0.2, 0.25) is 0 Å². The summed E-state index contributed by atoms with van der Waals surface area (Å²) >= 11 is 0. The molecular formula is C24H21FN4O4S. The number of nitrogens with one attached hydrogen (secondary N) is 1. The minimum Gasteiger partial charge on any atom is -0.325 e. The number of hydrogen-bond acceptors (Lipinski definition) is 5. The third-order valence-electron chi connectivity index (χ3n) is 5.20. The van der Waals surface area contributed by atoms with Crippen molar-refractivity contribution in [3.63, 3.8) is 0 Å². The first-order valence-electron chi connectivity index (χ1n) is 10.3. The van der Waals surface area contributed by atoms with Crippen LogP contribution < -0.4 is 10.9 Å². The predicted octanol–water partition coefficient (Wildman–Crippen LogP) is 3.00. The van der Waals surface area contributed by atoms with Crippen molar-refractivity contribution in [2.75, 3.05) is 12.4 Å². The van der Waals surface area contributed by atoms with Crippen LogP contribution in [0.15, 0.2) is 88.8 Å². The first kappa shape index (κ1) is 23.3. The van der Waals surface area contributed by atoms with E-state index >= 15 is 0 Å². The summed E-state index contributed by atoms with van der Waals surface area (Å²) in [5, 5.41) is 2.83. The lowest BCUT2D eigenvalue weighted by atomic mass is 10.2. The van der Waals surface area contributed by atoms with Crippen LogP contribution in [0.1, 0.15) is 5.56 Å². The zero-order valence-electron chi connectivity index (χ0n) is 18.2. The molecule has 1 heterocycles. The maximum absolute atomic E-state index is 13.3. The van der Waals surface area contributed by atoms with Gasteiger partial charge in [-0.2, -0.15) is 4.31 Å². The maximum atomic E-state index is 13.3. The van der Waals surface area contributed by atoms with Crippen molar-refractivity contribution in [1.29, 1.82) is 0 Å². The lowest BCUT2D eigenvalue weighted by molar-refractivity contribution is -0.116. The number of halogens is 1. The fraction of sp³-hybridized carbons (Fsp3) is 0.125. The third-order valence-corrected chi connectivity index (χ3v) is 7.01. The fourth-order valence-electron chi connectivity index (χ4n) is 3.42. The number of carbonyl (C=O) groups excluding carboxylic acids is 1. The Bertz CT molecular complexity index is 1500. The highest BCUT2D eigenvalue weighted by molar-refractivity contribution is 7.89. The number of nitrogens with zero attached hydrogens (tertiary/aromatic N) is 3. The number of fused-ring (bicyclic) bond motifs is 1. The Hall–Kier alpha value is -3.89. The van der Waals surface area contributed by atoms with Gasteiger partial charge in [0.2, 0.25) is 15.9 Å². The minimum absolute atomic E-state index is 0.0890. The number of benzene rings is 3. The molecule has 0 unspecified atom stereocenters. The molecule has 0 fully saturated rings. The Morgan fingerprint density at radius 1 is 1.06 bits per heavy atom. The van der Waals surface area contributed by atoms with Crippen molar-refractivity contribution in [3.8, 4) is 0 Å². The van der Waals surface area contributed by atoms with Gasteiger partial charge < -0.3 is 5.32 Å². The molecule has 3 aromatic carbocycles. The lowest BCUT2D eigenvalue weighted by Crippen LogP contribution is -2.28. The number of sulfonamides is 1. The molecule has 8 nitrogen and oxygen atoms in total. The standard InChI is InChI=1S/C24H21FN4O4S/c1-28(14-17-5-3-2-4-6-17)34(32,33)20-10-8-19(9-11-20)27-23(30)15-29-16-26-22-13-18(25)7-12-21(22)24(29)31/h2-13,16H,14-15H2,1H3,(H,27,30). The molecular weight excluding hydrogens is 459 g/mol. The van der Waals surface area contributed by atoms with Crippen LogP contribution in [-0.2, 0) is 27.9 Å². The maximum Gasteiger partial charge on any atom is 0.261 e. The van der Waals surface area contributed by atoms with Crippen LogP contribution in [0.5, 0.6) is 0 Å². The van der Waals surface area contributed by atoms with Crippen LogP contribution in [-0.4, -0.2) is 35.2 Å². The number of aromatic nitrogens is 2. The van der Waals surface area contributed by atoms with Crippen LogP contribution >= 0.6 is 0 Å². The van der Waals surface area contributed by atoms with E-state index in [1.165, 1.54) is 48.0 Å². The van der Waals surface area contributed by atoms with Crippen molar-refractivity contribution in [2.45, 2.75) is 18.0 Å². The van der Waals surface area contributed by atoms with Crippen molar-refractivity contribution >= 4 is 32.5 Å². The molecule has 174 valence electrons. The highest BCUT2D eigenvalue weighted by Crippen LogP contribution is 2.19. The number of hydrogen-bond donors (Lipinski definition) is 1. The van der Waals surface area contributed by atoms with Crippen molar-refractivity contribution in [3.05, 3.63) is 101 Å². The Morgan fingerprint density at radius 3 is 2.47 bits per heavy atom. The van der Waals surface area contributed by atoms with Gasteiger partial charge >= 0.3 is 0 Å². The van der Waals surface area contributed by atoms with E-state index in [4.69, 9.17) is 0 Å². The van der Waals surface area contributed by atoms with Gasteiger partial charge in [-0.15, -0.1) is 0 Å². The van der Waals surface area contributed by atoms with E-state index in [9.17, 15) is 22.4 Å². The molecule has 34 heavy (non-hydrogen) atoms. The molecule has 0 radical (unpaired) electrons. The van der Waals surface area contributed by atoms with Gasteiger partial charge in [0.25, 0.3) is 5.56 Å². The van der Waals surface area contributed by atoms with Crippen molar-refractivity contribution in [2.24, 2.45) is 0 Å². The highest BCUT2D eigenvalue weighted by Gasteiger charge is 2.21. The molecule has 0 saturated heterocycles. The average Bonchev–Trinajstić information content (AvgIpc) is 2.82. The molecule has 1 N–H and O–H groups in total. The summed E-state index contributed by atoms with van der Waals surface area (Å²) in [5.41, 5.74) is 0.971. The van der Waals surface area contributed by atoms with Gasteiger partial charge in [0.05, 0.1) is 22.1 Å². The van der Waals surface area contributed by atoms with Gasteiger partial charge in [0.15, 0.2) is 0 Å². The second-order valence-electron chi connectivity index (χ2n) is 7.66. The van der Waals surface area contributed by atoms with Gasteiger partial charge in [0, 0.05) is 25.3 Å². The van der Waals surface area contributed by atoms with Crippen LogP contribution in [0.4, 0.5) is 10.1 Å². The first-order valence-corrected chi connectivity index (χ1v) is 11.7. The summed E-state index contributed by atoms with van der Waals surface area (Å²) < 4.78 is 41.4. The van der Waals surface area contributed by atoms with Crippen LogP contribution in [0, 0.1) is 5.82 Å². The molecule has 0 saturated carbocycles. The molecule has 0 bridgehead atoms. The summed E-state index contributed by atoms with van der Waals surface area (Å²) in [4.78, 5) is 29.1. The number of amides is 1. The largest absolute Gasteiger partial charge is 0.325 e. The number of carbonyl (C=O) groups is 1. The number of rotatable bonds is 7. The molecule has 0 atom stereocenters. The fourth-order valence-corrected chi connectivity index (χ4v) is 4.57. The van der Waals surface area contributed by atoms with Gasteiger partial charge in [-0.1, -0.05) is 30.3 Å². The minimum atomic E-state index is -3.72. The van der Waals surface area contributed by atoms with Crippen LogP contribution in [0.3, 0.4) is 0 Å². The average molecular weight is 481 g/mol. The molecule has 10 heteroatoms. The second-order valence-corrected chi connectivity index (χ2v) is 9.70. The molecule has 1 aromatic heterocycles. The van der Waals surface area contributed by atoms with Gasteiger partial charge in [-0.05, 0) is 42.0 Å². The molecule has 4 aromatic rings. The Labute approximate surface area is 195 Å². The van der Waals surface area contributed by atoms with Gasteiger partial charge in [-0.3, -0.25) is 14.2 Å². The van der Waals surface area contributed by atoms with E-state index in [1.54, 1.807) is 0 Å². The summed E-state index contributed by atoms with van der Waals surface area (Å²) in [5.74, 6) is -1.01. The lowest BCUT2D eigenvalue weighted by Gasteiger charge is -2.17. The molecule has 0 aliphatic carbocycles. The zero-order chi connectivity index (χ0) is 24.3. The number of anilines is 1. The Kier molecular flexibility index (Phi) is 6.53. The summed E-state index contributed by atoms with van der Waals surface area (Å²) in [7, 11) is -2.22. The molecule has 0 aliphatic rings. The highest BCUT2D eigenvalue weighted by atomic mass is 32.2. The van der Waals surface area contributed by atoms with Gasteiger partial charge in [-0.25, -0.2) is 17.8 Å². The first-order chi connectivity index (χ1) is 16.2. The Morgan fingerprint density at radius 2 is 1.76 bits per heavy atom. The van der Waals surface area contributed by atoms with E-state index in [0.717, 1.165) is 22.3 Å². The molecule has 1 amide bonds. The monoisotopic (exact) mass is 480 g/mol. The normalized spacial score (nSPS) is 11.6. The molecule has 0 aliphatic heterocycles. The van der Waals surface area contributed by atoms with E-state index in [2.05, 4.69) is 10.3 Å². The quantitative estimate of drug-likeness (QED) is 0.438. The second kappa shape index (κ2) is 9.54. The van der Waals surface area contributed by atoms with Gasteiger partial charge in [0.1, 0.15) is 12.4 Å². The zero-order valence-corrected chi connectivity index (χ0v) is 19.0. The predicted molar refractivity (Wildman–Crippen MR) is 126 cm³/mol. The summed E-state index contributed by atoms with van der Waals surface area (Å²) in [6, 6.07) is 18.6. The van der Waals surface area contributed by atoms with E-state index in [0.29, 0.717) is 5.69 Å². The summed E-state index contributed by atoms with van der Waals surface area (Å²) in [6.45, 7) is -0.0815. The molecule has 0 spiro atoms. The molecule has 4 rings (SSSR count). The van der Waals surface area contributed by atoms with E-state index in [-0.39, 0.29) is 28.9 Å². The van der Waals surface area contributed by atoms with E-state index < -0.39 is 27.3 Å². The SMILES string of the molecule is CN(Cc1ccccc1)S(=O)(=O)c1ccc(NC(=O)Cn2cnc3cc(F)ccc3c2=O)cc1. The van der Waals surface area contributed by atoms with E-state index in [1.807, 2.05) is 30.3 Å². The summed E-state index contributed by atoms with van der Waals surface area (Å²) in [6.07, 6.45) is 1.18. The Balaban J connectivity index is 1.44. The van der Waals surface area contributed by atoms with Crippen LogP contribution in [0.25, 0.3) is 10.9 Å². The van der Waals surface area contributed by atoms with Crippen molar-refractivity contribution in [1.82, 2.24) is 13.9 Å². The van der Waals surface area contributed by atoms with Crippen molar-refractivity contribution < 1.29 is 17.6 Å². The topological polar surface area (TPSA) is 101 Å².